The molecule has 66 valence electrons. The minimum atomic E-state index is 0.589. The van der Waals surface area contributed by atoms with Crippen LogP contribution in [0.15, 0.2) is 54.1 Å². The summed E-state index contributed by atoms with van der Waals surface area (Å²) in [6.07, 6.45) is 7.93. The molecule has 1 atom stereocenters. The smallest absolute Gasteiger partial charge is 0.00583 e. The summed E-state index contributed by atoms with van der Waals surface area (Å²) < 4.78 is 0. The second kappa shape index (κ2) is 3.61. The first-order valence-corrected chi connectivity index (χ1v) is 4.76. The Morgan fingerprint density at radius 3 is 2.62 bits per heavy atom. The molecule has 0 spiro atoms. The first-order chi connectivity index (χ1) is 6.36. The Morgan fingerprint density at radius 2 is 1.92 bits per heavy atom. The molecule has 13 heavy (non-hydrogen) atoms. The fourth-order valence-electron chi connectivity index (χ4n) is 1.77. The van der Waals surface area contributed by atoms with Crippen LogP contribution in [-0.4, -0.2) is 0 Å². The van der Waals surface area contributed by atoms with Gasteiger partial charge in [0.25, 0.3) is 0 Å². The molecular formula is C13H14. The SMILES string of the molecule is CC1=CC(c2ccccc2)CC=C1. The Labute approximate surface area is 79.6 Å². The summed E-state index contributed by atoms with van der Waals surface area (Å²) >= 11 is 0. The van der Waals surface area contributed by atoms with Gasteiger partial charge in [0.05, 0.1) is 0 Å². The fraction of sp³-hybridized carbons (Fsp3) is 0.231. The van der Waals surface area contributed by atoms with E-state index in [1.54, 1.807) is 0 Å². The van der Waals surface area contributed by atoms with Crippen molar-refractivity contribution in [2.75, 3.05) is 0 Å². The van der Waals surface area contributed by atoms with Crippen molar-refractivity contribution in [3.63, 3.8) is 0 Å². The molecule has 1 aromatic rings. The lowest BCUT2D eigenvalue weighted by Gasteiger charge is -2.15. The average Bonchev–Trinajstić information content (AvgIpc) is 2.19. The molecule has 0 N–H and O–H groups in total. The third-order valence-corrected chi connectivity index (χ3v) is 2.46. The van der Waals surface area contributed by atoms with Crippen molar-refractivity contribution in [2.45, 2.75) is 19.3 Å². The predicted octanol–water partition coefficient (Wildman–Crippen LogP) is 3.68. The Kier molecular flexibility index (Phi) is 2.31. The average molecular weight is 170 g/mol. The molecule has 0 heteroatoms. The zero-order valence-electron chi connectivity index (χ0n) is 7.90. The summed E-state index contributed by atoms with van der Waals surface area (Å²) in [5, 5.41) is 0. The Hall–Kier alpha value is -1.30. The van der Waals surface area contributed by atoms with Crippen molar-refractivity contribution in [3.8, 4) is 0 Å². The minimum Gasteiger partial charge on any atom is -0.0834 e. The van der Waals surface area contributed by atoms with Crippen LogP contribution in [0.3, 0.4) is 0 Å². The molecule has 1 aliphatic carbocycles. The van der Waals surface area contributed by atoms with Gasteiger partial charge in [-0.1, -0.05) is 54.1 Å². The topological polar surface area (TPSA) is 0 Å². The second-order valence-electron chi connectivity index (χ2n) is 3.57. The van der Waals surface area contributed by atoms with Crippen molar-refractivity contribution in [1.82, 2.24) is 0 Å². The molecule has 2 rings (SSSR count). The molecule has 1 aromatic carbocycles. The number of benzene rings is 1. The van der Waals surface area contributed by atoms with Gasteiger partial charge >= 0.3 is 0 Å². The molecule has 0 saturated carbocycles. The molecule has 0 nitrogen and oxygen atoms in total. The monoisotopic (exact) mass is 170 g/mol. The van der Waals surface area contributed by atoms with Crippen LogP contribution < -0.4 is 0 Å². The molecule has 0 heterocycles. The Bertz CT molecular complexity index is 330. The highest BCUT2D eigenvalue weighted by Crippen LogP contribution is 2.26. The highest BCUT2D eigenvalue weighted by molar-refractivity contribution is 5.32. The van der Waals surface area contributed by atoms with E-state index in [2.05, 4.69) is 55.5 Å². The summed E-state index contributed by atoms with van der Waals surface area (Å²) in [6.45, 7) is 2.16. The summed E-state index contributed by atoms with van der Waals surface area (Å²) in [5.74, 6) is 0.589. The van der Waals surface area contributed by atoms with Gasteiger partial charge in [0, 0.05) is 5.92 Å². The van der Waals surface area contributed by atoms with E-state index in [0.717, 1.165) is 6.42 Å². The highest BCUT2D eigenvalue weighted by Gasteiger charge is 2.08. The summed E-state index contributed by atoms with van der Waals surface area (Å²) in [5.41, 5.74) is 2.80. The van der Waals surface area contributed by atoms with E-state index in [9.17, 15) is 0 Å². The number of hydrogen-bond acceptors (Lipinski definition) is 0. The Morgan fingerprint density at radius 1 is 1.15 bits per heavy atom. The maximum absolute atomic E-state index is 2.34. The normalized spacial score (nSPS) is 21.3. The van der Waals surface area contributed by atoms with Gasteiger partial charge in [0.2, 0.25) is 0 Å². The molecule has 1 unspecified atom stereocenters. The molecule has 1 aliphatic rings. The van der Waals surface area contributed by atoms with Crippen LogP contribution in [0.1, 0.15) is 24.8 Å². The zero-order valence-corrected chi connectivity index (χ0v) is 7.90. The third-order valence-electron chi connectivity index (χ3n) is 2.46. The van der Waals surface area contributed by atoms with Crippen LogP contribution in [0.4, 0.5) is 0 Å². The molecule has 0 amide bonds. The Balaban J connectivity index is 2.24. The van der Waals surface area contributed by atoms with Gasteiger partial charge in [-0.05, 0) is 18.9 Å². The van der Waals surface area contributed by atoms with Gasteiger partial charge < -0.3 is 0 Å². The standard InChI is InChI=1S/C13H14/c1-11-6-5-9-13(10-11)12-7-3-2-4-8-12/h2-8,10,13H,9H2,1H3. The van der Waals surface area contributed by atoms with Gasteiger partial charge in [-0.3, -0.25) is 0 Å². The molecule has 0 fully saturated rings. The van der Waals surface area contributed by atoms with Crippen LogP contribution >= 0.6 is 0 Å². The van der Waals surface area contributed by atoms with Crippen molar-refractivity contribution < 1.29 is 0 Å². The maximum atomic E-state index is 2.34. The van der Waals surface area contributed by atoms with Crippen LogP contribution in [0.2, 0.25) is 0 Å². The van der Waals surface area contributed by atoms with E-state index < -0.39 is 0 Å². The quantitative estimate of drug-likeness (QED) is 0.603. The van der Waals surface area contributed by atoms with Gasteiger partial charge in [0.15, 0.2) is 0 Å². The maximum Gasteiger partial charge on any atom is 0.00583 e. The number of rotatable bonds is 1. The van der Waals surface area contributed by atoms with E-state index in [-0.39, 0.29) is 0 Å². The van der Waals surface area contributed by atoms with Crippen LogP contribution in [0.25, 0.3) is 0 Å². The molecular weight excluding hydrogens is 156 g/mol. The number of hydrogen-bond donors (Lipinski definition) is 0. The van der Waals surface area contributed by atoms with Crippen molar-refractivity contribution in [2.24, 2.45) is 0 Å². The summed E-state index contributed by atoms with van der Waals surface area (Å²) in [4.78, 5) is 0. The summed E-state index contributed by atoms with van der Waals surface area (Å²) in [6, 6.07) is 10.7. The van der Waals surface area contributed by atoms with Crippen LogP contribution in [0.5, 0.6) is 0 Å². The molecule has 0 aliphatic heterocycles. The van der Waals surface area contributed by atoms with E-state index in [1.165, 1.54) is 11.1 Å². The van der Waals surface area contributed by atoms with Gasteiger partial charge in [-0.25, -0.2) is 0 Å². The minimum absolute atomic E-state index is 0.589. The lowest BCUT2D eigenvalue weighted by atomic mass is 9.90. The largest absolute Gasteiger partial charge is 0.0834 e. The van der Waals surface area contributed by atoms with Crippen LogP contribution in [0, 0.1) is 0 Å². The van der Waals surface area contributed by atoms with Crippen molar-refractivity contribution in [3.05, 3.63) is 59.7 Å². The van der Waals surface area contributed by atoms with Crippen LogP contribution in [-0.2, 0) is 0 Å². The van der Waals surface area contributed by atoms with E-state index in [4.69, 9.17) is 0 Å². The molecule has 0 radical (unpaired) electrons. The molecule has 0 saturated heterocycles. The fourth-order valence-corrected chi connectivity index (χ4v) is 1.77. The van der Waals surface area contributed by atoms with E-state index >= 15 is 0 Å². The van der Waals surface area contributed by atoms with E-state index in [1.807, 2.05) is 0 Å². The summed E-state index contributed by atoms with van der Waals surface area (Å²) in [7, 11) is 0. The van der Waals surface area contributed by atoms with Gasteiger partial charge in [-0.2, -0.15) is 0 Å². The first kappa shape index (κ1) is 8.31. The van der Waals surface area contributed by atoms with Crippen molar-refractivity contribution in [1.29, 1.82) is 0 Å². The lowest BCUT2D eigenvalue weighted by Crippen LogP contribution is -1.97. The molecule has 0 bridgehead atoms. The zero-order chi connectivity index (χ0) is 9.10. The lowest BCUT2D eigenvalue weighted by molar-refractivity contribution is 0.843. The second-order valence-corrected chi connectivity index (χ2v) is 3.57. The van der Waals surface area contributed by atoms with Gasteiger partial charge in [-0.15, -0.1) is 0 Å². The van der Waals surface area contributed by atoms with Crippen molar-refractivity contribution >= 4 is 0 Å². The molecule has 0 aromatic heterocycles. The first-order valence-electron chi connectivity index (χ1n) is 4.76. The van der Waals surface area contributed by atoms with Gasteiger partial charge in [0.1, 0.15) is 0 Å². The number of allylic oxidation sites excluding steroid dienone is 4. The highest BCUT2D eigenvalue weighted by atomic mass is 14.1. The third kappa shape index (κ3) is 1.89. The predicted molar refractivity (Wildman–Crippen MR) is 56.7 cm³/mol. The van der Waals surface area contributed by atoms with E-state index in [0.29, 0.717) is 5.92 Å².